The molecule has 0 bridgehead atoms. The fraction of sp³-hybridized carbons (Fsp3) is 0.0323. The van der Waals surface area contributed by atoms with Gasteiger partial charge in [0.2, 0.25) is 0 Å². The predicted molar refractivity (Wildman–Crippen MR) is 277 cm³/mol. The lowest BCUT2D eigenvalue weighted by molar-refractivity contribution is 0.0993. The van der Waals surface area contributed by atoms with E-state index in [-0.39, 0.29) is 5.91 Å². The van der Waals surface area contributed by atoms with Crippen LogP contribution in [0.3, 0.4) is 0 Å². The van der Waals surface area contributed by atoms with E-state index in [0.29, 0.717) is 5.56 Å². The summed E-state index contributed by atoms with van der Waals surface area (Å²) >= 11 is 0. The van der Waals surface area contributed by atoms with Gasteiger partial charge in [0.25, 0.3) is 5.91 Å². The van der Waals surface area contributed by atoms with E-state index in [4.69, 9.17) is 9.97 Å². The van der Waals surface area contributed by atoms with Crippen LogP contribution in [-0.4, -0.2) is 27.9 Å². The minimum Gasteiger partial charge on any atom is -0.311 e. The van der Waals surface area contributed by atoms with Crippen molar-refractivity contribution in [2.24, 2.45) is 0 Å². The average Bonchev–Trinajstić information content (AvgIpc) is 3.40. The Bertz CT molecular complexity index is 3430. The van der Waals surface area contributed by atoms with E-state index in [0.717, 1.165) is 111 Å². The van der Waals surface area contributed by atoms with Crippen LogP contribution in [0.15, 0.2) is 231 Å². The number of nitrogens with zero attached hydrogens (tertiary/aromatic N) is 4. The number of carbonyl (C=O) groups excluding carboxylic acids is 1. The van der Waals surface area contributed by atoms with Crippen molar-refractivity contribution in [3.8, 4) is 78.3 Å². The molecule has 5 nitrogen and oxygen atoms in total. The molecule has 0 aliphatic rings. The van der Waals surface area contributed by atoms with Crippen molar-refractivity contribution >= 4 is 33.4 Å². The Morgan fingerprint density at radius 3 is 1.33 bits per heavy atom. The largest absolute Gasteiger partial charge is 0.311 e. The van der Waals surface area contributed by atoms with Crippen LogP contribution in [0.1, 0.15) is 15.9 Å². The third-order valence-corrected chi connectivity index (χ3v) is 12.7. The fourth-order valence-corrected chi connectivity index (χ4v) is 9.07. The number of aromatic nitrogens is 3. The molecule has 0 saturated carbocycles. The summed E-state index contributed by atoms with van der Waals surface area (Å²) in [5, 5.41) is 2.23. The lowest BCUT2D eigenvalue weighted by Gasteiger charge is -2.20. The predicted octanol–water partition coefficient (Wildman–Crippen LogP) is 15.4. The Kier molecular flexibility index (Phi) is 10.8. The second-order valence-corrected chi connectivity index (χ2v) is 16.9. The van der Waals surface area contributed by atoms with Crippen molar-refractivity contribution in [1.29, 1.82) is 0 Å². The van der Waals surface area contributed by atoms with Gasteiger partial charge < -0.3 is 4.90 Å². The zero-order valence-corrected chi connectivity index (χ0v) is 37.1. The molecule has 11 aromatic rings. The molecule has 0 aliphatic carbocycles. The van der Waals surface area contributed by atoms with Gasteiger partial charge >= 0.3 is 0 Å². The Morgan fingerprint density at radius 2 is 0.836 bits per heavy atom. The highest BCUT2D eigenvalue weighted by atomic mass is 16.2. The van der Waals surface area contributed by atoms with Crippen molar-refractivity contribution in [3.63, 3.8) is 0 Å². The maximum Gasteiger partial charge on any atom is 0.258 e. The smallest absolute Gasteiger partial charge is 0.258 e. The molecule has 0 radical (unpaired) electrons. The van der Waals surface area contributed by atoms with Gasteiger partial charge in [0.05, 0.1) is 28.1 Å². The number of anilines is 1. The third-order valence-electron chi connectivity index (χ3n) is 12.7. The molecule has 0 saturated heterocycles. The van der Waals surface area contributed by atoms with E-state index in [9.17, 15) is 4.79 Å². The summed E-state index contributed by atoms with van der Waals surface area (Å²) in [6, 6.07) is 77.2. The molecule has 0 fully saturated rings. The summed E-state index contributed by atoms with van der Waals surface area (Å²) in [5.74, 6) is -0.112. The number of pyridine rings is 3. The number of benzene rings is 8. The lowest BCUT2D eigenvalue weighted by atomic mass is 9.88. The van der Waals surface area contributed by atoms with Crippen LogP contribution in [0.25, 0.3) is 100 Å². The molecule has 5 heteroatoms. The molecule has 3 aromatic heterocycles. The minimum atomic E-state index is -0.112. The third kappa shape index (κ3) is 8.15. The van der Waals surface area contributed by atoms with Crippen LogP contribution in [-0.2, 0) is 0 Å². The standard InChI is InChI=1S/C62H44N4O/c1-41-12-11-37-63-61(41)48-29-33-52(34-30-48)66(2)62(67)51-39-49(55-17-7-5-15-53(55)42-21-25-46(26-22-42)59-35-31-44-13-3-9-19-57(44)64-59)38-50(40-51)56-18-8-6-16-54(56)43-23-27-47(28-24-43)60-36-32-45-14-4-10-20-58(45)65-60/h3-40H,1-2H3. The molecular formula is C62H44N4O. The number of carbonyl (C=O) groups is 1. The van der Waals surface area contributed by atoms with Gasteiger partial charge in [-0.05, 0) is 118 Å². The van der Waals surface area contributed by atoms with Crippen molar-refractivity contribution in [1.82, 2.24) is 15.0 Å². The lowest BCUT2D eigenvalue weighted by Crippen LogP contribution is -2.26. The van der Waals surface area contributed by atoms with Gasteiger partial charge in [-0.1, -0.05) is 164 Å². The number of hydrogen-bond acceptors (Lipinski definition) is 4. The van der Waals surface area contributed by atoms with Crippen LogP contribution in [0.2, 0.25) is 0 Å². The molecule has 3 heterocycles. The molecule has 0 aliphatic heterocycles. The van der Waals surface area contributed by atoms with E-state index in [2.05, 4.69) is 158 Å². The molecule has 0 unspecified atom stereocenters. The molecule has 11 rings (SSSR count). The highest BCUT2D eigenvalue weighted by molar-refractivity contribution is 6.08. The van der Waals surface area contributed by atoms with Gasteiger partial charge in [-0.25, -0.2) is 9.97 Å². The van der Waals surface area contributed by atoms with Gasteiger partial charge in [-0.15, -0.1) is 0 Å². The van der Waals surface area contributed by atoms with Gasteiger partial charge in [0.1, 0.15) is 0 Å². The quantitative estimate of drug-likeness (QED) is 0.145. The van der Waals surface area contributed by atoms with Crippen LogP contribution >= 0.6 is 0 Å². The maximum atomic E-state index is 14.8. The first kappa shape index (κ1) is 40.9. The first-order chi connectivity index (χ1) is 32.9. The number of amides is 1. The van der Waals surface area contributed by atoms with Gasteiger partial charge in [0.15, 0.2) is 0 Å². The molecular weight excluding hydrogens is 817 g/mol. The van der Waals surface area contributed by atoms with Crippen molar-refractivity contribution in [2.45, 2.75) is 6.92 Å². The van der Waals surface area contributed by atoms with Crippen molar-refractivity contribution in [2.75, 3.05) is 11.9 Å². The summed E-state index contributed by atoms with van der Waals surface area (Å²) in [7, 11) is 1.84. The normalized spacial score (nSPS) is 11.2. The maximum absolute atomic E-state index is 14.8. The number of rotatable bonds is 9. The van der Waals surface area contributed by atoms with Crippen LogP contribution in [0.5, 0.6) is 0 Å². The molecule has 318 valence electrons. The highest BCUT2D eigenvalue weighted by Crippen LogP contribution is 2.40. The zero-order valence-electron chi connectivity index (χ0n) is 37.1. The topological polar surface area (TPSA) is 59.0 Å². The van der Waals surface area contributed by atoms with E-state index >= 15 is 0 Å². The molecule has 0 atom stereocenters. The summed E-state index contributed by atoms with van der Waals surface area (Å²) in [5.41, 5.74) is 18.5. The Hall–Kier alpha value is -8.80. The molecule has 67 heavy (non-hydrogen) atoms. The van der Waals surface area contributed by atoms with E-state index in [1.165, 1.54) is 0 Å². The van der Waals surface area contributed by atoms with Crippen LogP contribution < -0.4 is 4.90 Å². The number of hydrogen-bond donors (Lipinski definition) is 0. The first-order valence-electron chi connectivity index (χ1n) is 22.5. The van der Waals surface area contributed by atoms with Gasteiger partial charge in [-0.3, -0.25) is 9.78 Å². The Morgan fingerprint density at radius 1 is 0.403 bits per heavy atom. The molecule has 0 N–H and O–H groups in total. The SMILES string of the molecule is Cc1cccnc1-c1ccc(N(C)C(=O)c2cc(-c3ccccc3-c3ccc(-c4ccc5ccccc5n4)cc3)cc(-c3ccccc3-c3ccc(-c4ccc5ccccc5n4)cc3)c2)cc1. The molecule has 8 aromatic carbocycles. The number of fused-ring (bicyclic) bond motifs is 2. The zero-order chi connectivity index (χ0) is 45.3. The van der Waals surface area contributed by atoms with Crippen molar-refractivity contribution in [3.05, 3.63) is 242 Å². The summed E-state index contributed by atoms with van der Waals surface area (Å²) in [4.78, 5) is 31.1. The monoisotopic (exact) mass is 860 g/mol. The summed E-state index contributed by atoms with van der Waals surface area (Å²) in [6.45, 7) is 2.06. The van der Waals surface area contributed by atoms with Crippen molar-refractivity contribution < 1.29 is 4.79 Å². The number of aryl methyl sites for hydroxylation is 1. The molecule has 1 amide bonds. The average molecular weight is 861 g/mol. The summed E-state index contributed by atoms with van der Waals surface area (Å²) < 4.78 is 0. The second-order valence-electron chi connectivity index (χ2n) is 16.9. The molecule has 0 spiro atoms. The summed E-state index contributed by atoms with van der Waals surface area (Å²) in [6.07, 6.45) is 1.81. The van der Waals surface area contributed by atoms with Crippen LogP contribution in [0, 0.1) is 6.92 Å². The Labute approximate surface area is 390 Å². The van der Waals surface area contributed by atoms with E-state index in [1.54, 1.807) is 4.90 Å². The first-order valence-corrected chi connectivity index (χ1v) is 22.5. The second kappa shape index (κ2) is 17.6. The highest BCUT2D eigenvalue weighted by Gasteiger charge is 2.20. The Balaban J connectivity index is 0.987. The van der Waals surface area contributed by atoms with Crippen LogP contribution in [0.4, 0.5) is 5.69 Å². The van der Waals surface area contributed by atoms with E-state index in [1.807, 2.05) is 92.1 Å². The number of para-hydroxylation sites is 2. The van der Waals surface area contributed by atoms with Gasteiger partial charge in [0, 0.05) is 52.0 Å². The fourth-order valence-electron chi connectivity index (χ4n) is 9.07. The minimum absolute atomic E-state index is 0.112. The van der Waals surface area contributed by atoms with Gasteiger partial charge in [-0.2, -0.15) is 0 Å². The van der Waals surface area contributed by atoms with E-state index < -0.39 is 0 Å².